The lowest BCUT2D eigenvalue weighted by Gasteiger charge is -2.33. The van der Waals surface area contributed by atoms with Gasteiger partial charge in [0.1, 0.15) is 0 Å². The number of fused-ring (bicyclic) bond motifs is 1. The summed E-state index contributed by atoms with van der Waals surface area (Å²) in [4.78, 5) is 27.4. The van der Waals surface area contributed by atoms with Crippen LogP contribution in [0.25, 0.3) is 0 Å². The lowest BCUT2D eigenvalue weighted by atomic mass is 9.85. The number of hydrogen-bond acceptors (Lipinski definition) is 3. The van der Waals surface area contributed by atoms with Crippen LogP contribution in [0.4, 0.5) is 0 Å². The Hall–Kier alpha value is -1.84. The minimum atomic E-state index is -0.283. The number of nitrogens with zero attached hydrogens (tertiary/aromatic N) is 1. The third-order valence-electron chi connectivity index (χ3n) is 5.93. The van der Waals surface area contributed by atoms with Crippen LogP contribution in [0, 0.1) is 17.8 Å². The highest BCUT2D eigenvalue weighted by Crippen LogP contribution is 2.36. The summed E-state index contributed by atoms with van der Waals surface area (Å²) in [5, 5.41) is 0. The molecule has 0 saturated carbocycles. The number of ether oxygens (including phenoxy) is 1. The van der Waals surface area contributed by atoms with Crippen LogP contribution in [0.1, 0.15) is 44.2 Å². The van der Waals surface area contributed by atoms with Gasteiger partial charge in [0.15, 0.2) is 0 Å². The van der Waals surface area contributed by atoms with Gasteiger partial charge in [-0.3, -0.25) is 9.59 Å². The van der Waals surface area contributed by atoms with Crippen molar-refractivity contribution in [2.24, 2.45) is 17.8 Å². The van der Waals surface area contributed by atoms with Gasteiger partial charge >= 0.3 is 5.97 Å². The first kappa shape index (κ1) is 18.0. The predicted molar refractivity (Wildman–Crippen MR) is 97.0 cm³/mol. The van der Waals surface area contributed by atoms with E-state index in [1.54, 1.807) is 0 Å². The number of benzene rings is 1. The van der Waals surface area contributed by atoms with Gasteiger partial charge < -0.3 is 9.64 Å². The summed E-state index contributed by atoms with van der Waals surface area (Å²) in [5.41, 5.74) is 2.63. The van der Waals surface area contributed by atoms with Crippen molar-refractivity contribution < 1.29 is 14.3 Å². The molecule has 1 aromatic rings. The van der Waals surface area contributed by atoms with Gasteiger partial charge in [-0.15, -0.1) is 0 Å². The number of rotatable bonds is 5. The minimum absolute atomic E-state index is 0.152. The van der Waals surface area contributed by atoms with Crippen molar-refractivity contribution in [3.8, 4) is 0 Å². The molecule has 1 heterocycles. The predicted octanol–water partition coefficient (Wildman–Crippen LogP) is 3.23. The van der Waals surface area contributed by atoms with Crippen molar-refractivity contribution >= 4 is 11.9 Å². The second-order valence-electron chi connectivity index (χ2n) is 7.81. The minimum Gasteiger partial charge on any atom is -0.469 e. The van der Waals surface area contributed by atoms with Crippen molar-refractivity contribution in [2.75, 3.05) is 13.7 Å². The Morgan fingerprint density at radius 2 is 1.84 bits per heavy atom. The van der Waals surface area contributed by atoms with Crippen LogP contribution < -0.4 is 0 Å². The van der Waals surface area contributed by atoms with Crippen LogP contribution in [0.2, 0.25) is 0 Å². The van der Waals surface area contributed by atoms with Crippen molar-refractivity contribution in [3.63, 3.8) is 0 Å². The fraction of sp³-hybridized carbons (Fsp3) is 0.619. The topological polar surface area (TPSA) is 46.6 Å². The average Bonchev–Trinajstić information content (AvgIpc) is 3.25. The Labute approximate surface area is 150 Å². The number of hydrogen-bond donors (Lipinski definition) is 0. The molecule has 25 heavy (non-hydrogen) atoms. The highest BCUT2D eigenvalue weighted by molar-refractivity contribution is 5.84. The third-order valence-corrected chi connectivity index (χ3v) is 5.93. The van der Waals surface area contributed by atoms with Crippen LogP contribution in [0.15, 0.2) is 24.3 Å². The summed E-state index contributed by atoms with van der Waals surface area (Å²) in [7, 11) is 1.40. The average molecular weight is 343 g/mol. The van der Waals surface area contributed by atoms with E-state index in [9.17, 15) is 9.59 Å². The van der Waals surface area contributed by atoms with Crippen LogP contribution in [-0.4, -0.2) is 36.5 Å². The van der Waals surface area contributed by atoms with Gasteiger partial charge in [-0.1, -0.05) is 38.1 Å². The number of amides is 1. The van der Waals surface area contributed by atoms with E-state index in [4.69, 9.17) is 4.74 Å². The number of carbonyl (C=O) groups excluding carboxylic acids is 2. The second-order valence-corrected chi connectivity index (χ2v) is 7.81. The quantitative estimate of drug-likeness (QED) is 0.771. The first-order valence-corrected chi connectivity index (χ1v) is 9.45. The molecule has 0 bridgehead atoms. The van der Waals surface area contributed by atoms with Gasteiger partial charge in [0, 0.05) is 12.6 Å². The van der Waals surface area contributed by atoms with Gasteiger partial charge in [-0.25, -0.2) is 0 Å². The van der Waals surface area contributed by atoms with E-state index in [2.05, 4.69) is 26.0 Å². The Balaban J connectivity index is 1.80. The molecule has 0 spiro atoms. The summed E-state index contributed by atoms with van der Waals surface area (Å²) in [6.45, 7) is 5.17. The lowest BCUT2D eigenvalue weighted by molar-refractivity contribution is -0.149. The molecule has 0 unspecified atom stereocenters. The van der Waals surface area contributed by atoms with Gasteiger partial charge in [0.2, 0.25) is 5.91 Å². The molecule has 0 N–H and O–H groups in total. The molecule has 136 valence electrons. The summed E-state index contributed by atoms with van der Waals surface area (Å²) in [6, 6.07) is 8.68. The van der Waals surface area contributed by atoms with E-state index in [1.165, 1.54) is 18.2 Å². The molecular formula is C21H29NO3. The molecule has 3 rings (SSSR count). The Morgan fingerprint density at radius 1 is 1.20 bits per heavy atom. The maximum atomic E-state index is 13.4. The Morgan fingerprint density at radius 3 is 2.40 bits per heavy atom. The second kappa shape index (κ2) is 7.59. The molecule has 0 radical (unpaired) electrons. The summed E-state index contributed by atoms with van der Waals surface area (Å²) >= 11 is 0. The van der Waals surface area contributed by atoms with E-state index in [1.807, 2.05) is 17.0 Å². The number of methoxy groups -OCH3 is 1. The van der Waals surface area contributed by atoms with E-state index < -0.39 is 0 Å². The summed E-state index contributed by atoms with van der Waals surface area (Å²) in [6.07, 6.45) is 4.08. The maximum Gasteiger partial charge on any atom is 0.306 e. The molecular weight excluding hydrogens is 314 g/mol. The largest absolute Gasteiger partial charge is 0.469 e. The van der Waals surface area contributed by atoms with Gasteiger partial charge in [-0.2, -0.15) is 0 Å². The zero-order valence-corrected chi connectivity index (χ0v) is 15.5. The van der Waals surface area contributed by atoms with Crippen molar-refractivity contribution in [3.05, 3.63) is 35.4 Å². The molecule has 0 aromatic heterocycles. The van der Waals surface area contributed by atoms with E-state index in [0.29, 0.717) is 12.0 Å². The van der Waals surface area contributed by atoms with E-state index >= 15 is 0 Å². The number of carbonyl (C=O) groups is 2. The SMILES string of the molecule is COC(=O)C[C@H](C(=O)N1CCC[C@H]1C(C)C)C1Cc2ccccc2C1. The molecule has 1 fully saturated rings. The zero-order valence-electron chi connectivity index (χ0n) is 15.5. The smallest absolute Gasteiger partial charge is 0.306 e. The number of esters is 1. The number of likely N-dealkylation sites (tertiary alicyclic amines) is 1. The van der Waals surface area contributed by atoms with E-state index in [-0.39, 0.29) is 30.1 Å². The third kappa shape index (κ3) is 3.73. The summed E-state index contributed by atoms with van der Waals surface area (Å²) < 4.78 is 4.89. The van der Waals surface area contributed by atoms with Crippen molar-refractivity contribution in [1.82, 2.24) is 4.90 Å². The van der Waals surface area contributed by atoms with Gasteiger partial charge in [0.25, 0.3) is 0 Å². The van der Waals surface area contributed by atoms with Crippen molar-refractivity contribution in [2.45, 2.75) is 52.0 Å². The highest BCUT2D eigenvalue weighted by atomic mass is 16.5. The van der Waals surface area contributed by atoms with Crippen LogP contribution in [0.3, 0.4) is 0 Å². The standard InChI is InChI=1S/C21H29NO3/c1-14(2)19-9-6-10-22(19)21(24)18(13-20(23)25-3)17-11-15-7-4-5-8-16(15)12-17/h4-5,7-8,14,17-19H,6,9-13H2,1-3H3/t18-,19-/m0/s1. The Kier molecular flexibility index (Phi) is 5.45. The van der Waals surface area contributed by atoms with Gasteiger partial charge in [-0.05, 0) is 48.6 Å². The molecule has 1 saturated heterocycles. The lowest BCUT2D eigenvalue weighted by Crippen LogP contribution is -2.44. The summed E-state index contributed by atoms with van der Waals surface area (Å²) in [5.74, 6) is 0.233. The first-order valence-electron chi connectivity index (χ1n) is 9.45. The highest BCUT2D eigenvalue weighted by Gasteiger charge is 2.40. The van der Waals surface area contributed by atoms with Crippen LogP contribution in [0.5, 0.6) is 0 Å². The van der Waals surface area contributed by atoms with Gasteiger partial charge in [0.05, 0.1) is 19.4 Å². The normalized spacial score (nSPS) is 21.4. The molecule has 1 aromatic carbocycles. The maximum absolute atomic E-state index is 13.4. The molecule has 1 amide bonds. The first-order chi connectivity index (χ1) is 12.0. The monoisotopic (exact) mass is 343 g/mol. The molecule has 2 aliphatic rings. The fourth-order valence-electron chi connectivity index (χ4n) is 4.57. The zero-order chi connectivity index (χ0) is 18.0. The van der Waals surface area contributed by atoms with Crippen molar-refractivity contribution in [1.29, 1.82) is 0 Å². The molecule has 1 aliphatic carbocycles. The van der Waals surface area contributed by atoms with Crippen LogP contribution in [-0.2, 0) is 27.2 Å². The molecule has 2 atom stereocenters. The molecule has 4 nitrogen and oxygen atoms in total. The fourth-order valence-corrected chi connectivity index (χ4v) is 4.57. The van der Waals surface area contributed by atoms with E-state index in [0.717, 1.165) is 32.2 Å². The molecule has 4 heteroatoms. The Bertz CT molecular complexity index is 615. The van der Waals surface area contributed by atoms with Crippen LogP contribution >= 0.6 is 0 Å². The molecule has 1 aliphatic heterocycles.